The largest absolute Gasteiger partial charge is 0.493 e. The Morgan fingerprint density at radius 1 is 0.971 bits per heavy atom. The minimum absolute atomic E-state index is 0.0114. The van der Waals surface area contributed by atoms with Gasteiger partial charge in [-0.2, -0.15) is 5.26 Å². The number of carbonyl (C=O) groups is 2. The number of benzene rings is 3. The fraction of sp³-hybridized carbons (Fsp3) is 0.179. The van der Waals surface area contributed by atoms with Crippen molar-refractivity contribution in [1.82, 2.24) is 5.32 Å². The molecular formula is C28H27N3O4. The molecule has 0 heterocycles. The van der Waals surface area contributed by atoms with E-state index in [9.17, 15) is 14.9 Å². The Morgan fingerprint density at radius 3 is 2.37 bits per heavy atom. The number of amides is 2. The summed E-state index contributed by atoms with van der Waals surface area (Å²) in [6.45, 7) is 0.267. The van der Waals surface area contributed by atoms with E-state index in [-0.39, 0.29) is 18.1 Å². The van der Waals surface area contributed by atoms with Crippen molar-refractivity contribution in [3.8, 4) is 17.6 Å². The minimum Gasteiger partial charge on any atom is -0.493 e. The average molecular weight is 470 g/mol. The van der Waals surface area contributed by atoms with Crippen molar-refractivity contribution in [2.75, 3.05) is 25.6 Å². The van der Waals surface area contributed by atoms with Crippen molar-refractivity contribution >= 4 is 23.6 Å². The van der Waals surface area contributed by atoms with Gasteiger partial charge in [-0.25, -0.2) is 0 Å². The van der Waals surface area contributed by atoms with Crippen LogP contribution in [-0.4, -0.2) is 32.1 Å². The normalized spacial score (nSPS) is 10.7. The molecule has 0 saturated heterocycles. The maximum atomic E-state index is 12.4. The van der Waals surface area contributed by atoms with Crippen LogP contribution in [0.4, 0.5) is 5.69 Å². The maximum Gasteiger partial charge on any atom is 0.262 e. The van der Waals surface area contributed by atoms with E-state index in [0.29, 0.717) is 29.3 Å². The molecule has 3 aromatic carbocycles. The smallest absolute Gasteiger partial charge is 0.262 e. The SMILES string of the molecule is COc1cc(/C=C(/C#N)C(=O)NCCCc2ccccc2)ccc1OCC(=O)Nc1ccccc1. The molecule has 0 fully saturated rings. The molecule has 7 heteroatoms. The van der Waals surface area contributed by atoms with Gasteiger partial charge in [0, 0.05) is 12.2 Å². The lowest BCUT2D eigenvalue weighted by Gasteiger charge is -2.12. The fourth-order valence-corrected chi connectivity index (χ4v) is 3.30. The van der Waals surface area contributed by atoms with Crippen LogP contribution in [0.1, 0.15) is 17.5 Å². The summed E-state index contributed by atoms with van der Waals surface area (Å²) in [5, 5.41) is 15.0. The quantitative estimate of drug-likeness (QED) is 0.247. The predicted octanol–water partition coefficient (Wildman–Crippen LogP) is 4.37. The van der Waals surface area contributed by atoms with Crippen LogP contribution in [-0.2, 0) is 16.0 Å². The number of aryl methyl sites for hydroxylation is 1. The second-order valence-electron chi connectivity index (χ2n) is 7.63. The number of para-hydroxylation sites is 1. The van der Waals surface area contributed by atoms with E-state index in [2.05, 4.69) is 10.6 Å². The first-order valence-corrected chi connectivity index (χ1v) is 11.2. The molecule has 0 aromatic heterocycles. The van der Waals surface area contributed by atoms with E-state index < -0.39 is 5.91 Å². The van der Waals surface area contributed by atoms with Crippen molar-refractivity contribution in [3.63, 3.8) is 0 Å². The van der Waals surface area contributed by atoms with Gasteiger partial charge in [-0.3, -0.25) is 9.59 Å². The van der Waals surface area contributed by atoms with Crippen molar-refractivity contribution in [1.29, 1.82) is 5.26 Å². The fourth-order valence-electron chi connectivity index (χ4n) is 3.30. The van der Waals surface area contributed by atoms with Gasteiger partial charge in [-0.15, -0.1) is 0 Å². The highest BCUT2D eigenvalue weighted by Gasteiger charge is 2.12. The van der Waals surface area contributed by atoms with E-state index >= 15 is 0 Å². The van der Waals surface area contributed by atoms with Gasteiger partial charge >= 0.3 is 0 Å². The van der Waals surface area contributed by atoms with Crippen molar-refractivity contribution < 1.29 is 19.1 Å². The Morgan fingerprint density at radius 2 is 1.69 bits per heavy atom. The van der Waals surface area contributed by atoms with Crippen LogP contribution in [0.25, 0.3) is 6.08 Å². The Labute approximate surface area is 205 Å². The van der Waals surface area contributed by atoms with Crippen molar-refractivity contribution in [2.45, 2.75) is 12.8 Å². The molecule has 2 amide bonds. The Balaban J connectivity index is 1.55. The van der Waals surface area contributed by atoms with Gasteiger partial charge in [0.05, 0.1) is 7.11 Å². The second-order valence-corrected chi connectivity index (χ2v) is 7.63. The molecule has 35 heavy (non-hydrogen) atoms. The lowest BCUT2D eigenvalue weighted by atomic mass is 10.1. The summed E-state index contributed by atoms with van der Waals surface area (Å²) in [4.78, 5) is 24.6. The van der Waals surface area contributed by atoms with Gasteiger partial charge < -0.3 is 20.1 Å². The molecule has 2 N–H and O–H groups in total. The summed E-state index contributed by atoms with van der Waals surface area (Å²) in [6.07, 6.45) is 3.10. The monoisotopic (exact) mass is 469 g/mol. The molecule has 0 saturated carbocycles. The molecule has 0 radical (unpaired) electrons. The lowest BCUT2D eigenvalue weighted by molar-refractivity contribution is -0.118. The lowest BCUT2D eigenvalue weighted by Crippen LogP contribution is -2.25. The van der Waals surface area contributed by atoms with E-state index in [4.69, 9.17) is 9.47 Å². The Kier molecular flexibility index (Phi) is 9.46. The van der Waals surface area contributed by atoms with Crippen LogP contribution in [0.2, 0.25) is 0 Å². The van der Waals surface area contributed by atoms with Gasteiger partial charge in [-0.05, 0) is 54.3 Å². The Hall–Kier alpha value is -4.57. The van der Waals surface area contributed by atoms with Crippen LogP contribution in [0.3, 0.4) is 0 Å². The van der Waals surface area contributed by atoms with Crippen LogP contribution >= 0.6 is 0 Å². The molecule has 3 rings (SSSR count). The van der Waals surface area contributed by atoms with Gasteiger partial charge in [0.1, 0.15) is 11.6 Å². The number of nitrogens with one attached hydrogen (secondary N) is 2. The number of carbonyl (C=O) groups excluding carboxylic acids is 2. The van der Waals surface area contributed by atoms with Crippen LogP contribution < -0.4 is 20.1 Å². The third kappa shape index (κ3) is 8.06. The number of hydrogen-bond donors (Lipinski definition) is 2. The molecule has 0 atom stereocenters. The van der Waals surface area contributed by atoms with E-state index in [1.807, 2.05) is 54.6 Å². The summed E-state index contributed by atoms with van der Waals surface area (Å²) in [5.41, 5.74) is 2.46. The number of hydrogen-bond acceptors (Lipinski definition) is 5. The first-order valence-electron chi connectivity index (χ1n) is 11.2. The molecule has 7 nitrogen and oxygen atoms in total. The number of ether oxygens (including phenoxy) is 2. The summed E-state index contributed by atoms with van der Waals surface area (Å²) in [6, 6.07) is 26.0. The van der Waals surface area contributed by atoms with E-state index in [1.54, 1.807) is 30.3 Å². The summed E-state index contributed by atoms with van der Waals surface area (Å²) in [5.74, 6) is 0.0129. The van der Waals surface area contributed by atoms with Gasteiger partial charge in [0.2, 0.25) is 0 Å². The van der Waals surface area contributed by atoms with Gasteiger partial charge in [0.15, 0.2) is 18.1 Å². The molecule has 0 unspecified atom stereocenters. The zero-order valence-corrected chi connectivity index (χ0v) is 19.5. The third-order valence-electron chi connectivity index (χ3n) is 5.05. The highest BCUT2D eigenvalue weighted by Crippen LogP contribution is 2.29. The zero-order chi connectivity index (χ0) is 24.9. The van der Waals surface area contributed by atoms with Crippen molar-refractivity contribution in [3.05, 3.63) is 95.6 Å². The van der Waals surface area contributed by atoms with Gasteiger partial charge in [0.25, 0.3) is 11.8 Å². The Bertz CT molecular complexity index is 1200. The topological polar surface area (TPSA) is 100 Å². The zero-order valence-electron chi connectivity index (χ0n) is 19.5. The van der Waals surface area contributed by atoms with E-state index in [0.717, 1.165) is 12.8 Å². The van der Waals surface area contributed by atoms with Gasteiger partial charge in [-0.1, -0.05) is 54.6 Å². The van der Waals surface area contributed by atoms with Crippen LogP contribution in [0.5, 0.6) is 11.5 Å². The highest BCUT2D eigenvalue weighted by molar-refractivity contribution is 6.01. The molecule has 0 bridgehead atoms. The van der Waals surface area contributed by atoms with Crippen LogP contribution in [0, 0.1) is 11.3 Å². The summed E-state index contributed by atoms with van der Waals surface area (Å²) in [7, 11) is 1.48. The number of methoxy groups -OCH3 is 1. The molecule has 0 aliphatic carbocycles. The first kappa shape index (κ1) is 25.1. The predicted molar refractivity (Wildman–Crippen MR) is 135 cm³/mol. The molecule has 0 aliphatic rings. The number of anilines is 1. The first-order chi connectivity index (χ1) is 17.1. The standard InChI is InChI=1S/C28H27N3O4/c1-34-26-18-22(14-15-25(26)35-20-27(32)31-24-12-6-3-7-13-24)17-23(19-29)28(33)30-16-8-11-21-9-4-2-5-10-21/h2-7,9-10,12-15,17-18H,8,11,16,20H2,1H3,(H,30,33)(H,31,32)/b23-17-. The molecule has 178 valence electrons. The third-order valence-corrected chi connectivity index (χ3v) is 5.05. The summed E-state index contributed by atoms with van der Waals surface area (Å²) < 4.78 is 11.0. The number of nitriles is 1. The average Bonchev–Trinajstić information content (AvgIpc) is 2.89. The summed E-state index contributed by atoms with van der Waals surface area (Å²) >= 11 is 0. The van der Waals surface area contributed by atoms with Crippen molar-refractivity contribution in [2.24, 2.45) is 0 Å². The number of rotatable bonds is 11. The molecular weight excluding hydrogens is 442 g/mol. The number of nitrogens with zero attached hydrogens (tertiary/aromatic N) is 1. The van der Waals surface area contributed by atoms with E-state index in [1.165, 1.54) is 18.7 Å². The molecule has 3 aromatic rings. The highest BCUT2D eigenvalue weighted by atomic mass is 16.5. The second kappa shape index (κ2) is 13.2. The maximum absolute atomic E-state index is 12.4. The minimum atomic E-state index is -0.433. The van der Waals surface area contributed by atoms with Crippen LogP contribution in [0.15, 0.2) is 84.4 Å². The molecule has 0 spiro atoms. The molecule has 0 aliphatic heterocycles.